The Bertz CT molecular complexity index is 2770. The molecule has 0 fully saturated rings. The van der Waals surface area contributed by atoms with Crippen molar-refractivity contribution in [3.63, 3.8) is 0 Å². The summed E-state index contributed by atoms with van der Waals surface area (Å²) >= 11 is 4.32. The van der Waals surface area contributed by atoms with Gasteiger partial charge in [0, 0.05) is 78.8 Å². The van der Waals surface area contributed by atoms with Crippen LogP contribution in [-0.2, 0) is 51.2 Å². The normalized spacial score (nSPS) is 13.7. The van der Waals surface area contributed by atoms with Crippen molar-refractivity contribution in [1.29, 1.82) is 0 Å². The van der Waals surface area contributed by atoms with Gasteiger partial charge in [0.1, 0.15) is 36.3 Å². The average molecular weight is 1090 g/mol. The number of amides is 6. The highest BCUT2D eigenvalue weighted by molar-refractivity contribution is 7.80. The van der Waals surface area contributed by atoms with Gasteiger partial charge in [0.15, 0.2) is 17.9 Å². The Hall–Kier alpha value is -8.60. The largest absolute Gasteiger partial charge is 0.481 e. The maximum atomic E-state index is 14.9. The van der Waals surface area contributed by atoms with Gasteiger partial charge >= 0.3 is 11.9 Å². The number of aliphatic carboxylic acids is 2. The zero-order chi connectivity index (χ0) is 56.6. The predicted octanol–water partition coefficient (Wildman–Crippen LogP) is -3.29. The van der Waals surface area contributed by atoms with Gasteiger partial charge in [-0.2, -0.15) is 12.6 Å². The summed E-state index contributed by atoms with van der Waals surface area (Å²) in [5.74, 6) is -8.83. The third-order valence-electron chi connectivity index (χ3n) is 12.0. The number of nitrogens with one attached hydrogen (secondary N) is 8. The van der Waals surface area contributed by atoms with Gasteiger partial charge < -0.3 is 92.2 Å². The van der Waals surface area contributed by atoms with Gasteiger partial charge in [-0.25, -0.2) is 4.79 Å². The van der Waals surface area contributed by atoms with Crippen LogP contribution in [0.4, 0.5) is 0 Å². The molecule has 0 unspecified atom stereocenters. The number of carboxylic acids is 2. The van der Waals surface area contributed by atoms with E-state index in [1.807, 2.05) is 18.2 Å². The van der Waals surface area contributed by atoms with Crippen LogP contribution in [0.5, 0.6) is 0 Å². The first kappa shape index (κ1) is 61.0. The average Bonchev–Trinajstić information content (AvgIpc) is 3.99. The van der Waals surface area contributed by atoms with E-state index in [9.17, 15) is 43.5 Å². The molecular weight excluding hydrogens is 1020 g/mol. The van der Waals surface area contributed by atoms with Crippen molar-refractivity contribution in [3.8, 4) is 0 Å². The smallest absolute Gasteiger partial charge is 0.326 e. The molecule has 0 radical (unpaired) electrons. The summed E-state index contributed by atoms with van der Waals surface area (Å²) in [6.07, 6.45) is 2.67. The van der Waals surface area contributed by atoms with Crippen molar-refractivity contribution in [1.82, 2.24) is 41.9 Å². The molecule has 4 rings (SSSR count). The molecule has 7 atom stereocenters. The van der Waals surface area contributed by atoms with Crippen molar-refractivity contribution in [2.45, 2.75) is 107 Å². The van der Waals surface area contributed by atoms with Crippen LogP contribution in [-0.4, -0.2) is 153 Å². The van der Waals surface area contributed by atoms with Crippen molar-refractivity contribution in [3.05, 3.63) is 72.1 Å². The van der Waals surface area contributed by atoms with Crippen molar-refractivity contribution >= 4 is 99.7 Å². The number of aliphatic imine (C=N–C) groups is 3. The molecule has 6 amide bonds. The van der Waals surface area contributed by atoms with E-state index in [4.69, 9.17) is 45.2 Å². The SMILES string of the molecule is NC(N)=NCCC[C@H](NC(=O)[C@H](CS)NC(=O)[C@H](Cc1c[nH]c2ccccc12)NC(=O)[C@H](Cc1c[nH]c2ccccc12)NC(=O)[C@H](CCCN=C(N)N)NC(=O)[C@@H](N)CCCN=C(N)N)C(=O)N[C@@H](CCC(=O)O)C(=O)O. The van der Waals surface area contributed by atoms with Gasteiger partial charge in [0.2, 0.25) is 35.4 Å². The summed E-state index contributed by atoms with van der Waals surface area (Å²) in [4.78, 5) is 126. The second-order valence-electron chi connectivity index (χ2n) is 17.9. The number of guanidine groups is 3. The topological polar surface area (TPSA) is 500 Å². The lowest BCUT2D eigenvalue weighted by atomic mass is 10.0. The van der Waals surface area contributed by atoms with Crippen LogP contribution in [0.25, 0.3) is 21.8 Å². The Labute approximate surface area is 447 Å². The molecule has 0 aliphatic rings. The summed E-state index contributed by atoms with van der Waals surface area (Å²) in [5.41, 5.74) is 41.6. The Balaban J connectivity index is 1.68. The fourth-order valence-electron chi connectivity index (χ4n) is 8.01. The molecular formula is C48H70N18O10S. The number of carboxylic acid groups (broad SMARTS) is 2. The minimum Gasteiger partial charge on any atom is -0.481 e. The van der Waals surface area contributed by atoms with Crippen molar-refractivity contribution in [2.75, 3.05) is 25.4 Å². The first-order valence-electron chi connectivity index (χ1n) is 24.6. The first-order chi connectivity index (χ1) is 36.7. The third kappa shape index (κ3) is 20.2. The molecule has 29 heteroatoms. The number of carbonyl (C=O) groups is 8. The predicted molar refractivity (Wildman–Crippen MR) is 292 cm³/mol. The van der Waals surface area contributed by atoms with Gasteiger partial charge in [-0.15, -0.1) is 0 Å². The molecule has 24 N–H and O–H groups in total. The molecule has 0 spiro atoms. The van der Waals surface area contributed by atoms with Crippen LogP contribution in [0.2, 0.25) is 0 Å². The number of H-pyrrole nitrogens is 2. The highest BCUT2D eigenvalue weighted by Gasteiger charge is 2.34. The van der Waals surface area contributed by atoms with Crippen LogP contribution in [0, 0.1) is 0 Å². The third-order valence-corrected chi connectivity index (χ3v) is 12.4. The van der Waals surface area contributed by atoms with E-state index in [2.05, 4.69) is 69.5 Å². The van der Waals surface area contributed by atoms with Crippen LogP contribution in [0.1, 0.15) is 62.5 Å². The van der Waals surface area contributed by atoms with Gasteiger partial charge in [-0.05, 0) is 68.2 Å². The van der Waals surface area contributed by atoms with E-state index in [1.54, 1.807) is 42.7 Å². The number of nitrogens with zero attached hydrogens (tertiary/aromatic N) is 3. The molecule has 2 heterocycles. The highest BCUT2D eigenvalue weighted by atomic mass is 32.1. The Morgan fingerprint density at radius 2 is 0.857 bits per heavy atom. The molecule has 2 aromatic heterocycles. The lowest BCUT2D eigenvalue weighted by Crippen LogP contribution is -2.60. The van der Waals surface area contributed by atoms with Crippen molar-refractivity contribution < 1.29 is 48.6 Å². The molecule has 28 nitrogen and oxygen atoms in total. The lowest BCUT2D eigenvalue weighted by molar-refractivity contribution is -0.143. The number of fused-ring (bicyclic) bond motifs is 2. The molecule has 77 heavy (non-hydrogen) atoms. The minimum absolute atomic E-state index is 0.00107. The number of para-hydroxylation sites is 2. The zero-order valence-corrected chi connectivity index (χ0v) is 43.1. The van der Waals surface area contributed by atoms with Gasteiger partial charge in [-0.3, -0.25) is 48.5 Å². The standard InChI is InChI=1S/C48H70N18O10S/c49-29(10-5-17-56-46(50)51)39(69)61-32(13-6-18-57-47(52)53)41(71)64-35(20-25-22-59-30-11-3-1-8-27(25)30)42(72)65-36(21-26-23-60-31-12-4-2-9-28(26)31)43(73)66-37(24-77)44(74)62-33(14-7-19-58-48(54)55)40(70)63-34(45(75)76)15-16-38(67)68/h1-4,8-9,11-12,22-23,29,32-37,59-60,77H,5-7,10,13-21,24,49H2,(H,61,69)(H,62,74)(H,63,70)(H,64,71)(H,65,72)(H,66,73)(H,67,68)(H,75,76)(H4,50,51,56)(H4,52,53,57)(H4,54,55,58)/t29-,32-,33-,34-,35-,36-,37-/m0/s1. The van der Waals surface area contributed by atoms with E-state index in [0.29, 0.717) is 28.5 Å². The number of aromatic nitrogens is 2. The monoisotopic (exact) mass is 1090 g/mol. The summed E-state index contributed by atoms with van der Waals surface area (Å²) in [5, 5.41) is 35.9. The number of aromatic amines is 2. The van der Waals surface area contributed by atoms with E-state index in [1.165, 1.54) is 0 Å². The van der Waals surface area contributed by atoms with E-state index in [0.717, 1.165) is 10.9 Å². The summed E-state index contributed by atoms with van der Waals surface area (Å²) in [6.45, 7) is 0.309. The first-order valence-corrected chi connectivity index (χ1v) is 25.2. The van der Waals surface area contributed by atoms with E-state index >= 15 is 0 Å². The van der Waals surface area contributed by atoms with Crippen LogP contribution in [0.15, 0.2) is 75.9 Å². The molecule has 0 saturated carbocycles. The molecule has 2 aromatic carbocycles. The molecule has 4 aromatic rings. The molecule has 0 aliphatic carbocycles. The molecule has 0 saturated heterocycles. The highest BCUT2D eigenvalue weighted by Crippen LogP contribution is 2.22. The quantitative estimate of drug-likeness (QED) is 0.00962. The summed E-state index contributed by atoms with van der Waals surface area (Å²) < 4.78 is 0. The number of hydrogen-bond acceptors (Lipinski definition) is 13. The summed E-state index contributed by atoms with van der Waals surface area (Å²) in [6, 6.07) is 4.65. The Morgan fingerprint density at radius 1 is 0.494 bits per heavy atom. The van der Waals surface area contributed by atoms with Gasteiger partial charge in [0.25, 0.3) is 0 Å². The summed E-state index contributed by atoms with van der Waals surface area (Å²) in [7, 11) is 0. The molecule has 418 valence electrons. The van der Waals surface area contributed by atoms with Crippen LogP contribution < -0.4 is 72.0 Å². The fourth-order valence-corrected chi connectivity index (χ4v) is 8.27. The molecule has 0 bridgehead atoms. The maximum Gasteiger partial charge on any atom is 0.326 e. The number of rotatable bonds is 33. The van der Waals surface area contributed by atoms with Crippen molar-refractivity contribution in [2.24, 2.45) is 55.1 Å². The number of benzene rings is 2. The van der Waals surface area contributed by atoms with E-state index < -0.39 is 103 Å². The van der Waals surface area contributed by atoms with Gasteiger partial charge in [-0.1, -0.05) is 36.4 Å². The second kappa shape index (κ2) is 30.7. The molecule has 0 aliphatic heterocycles. The van der Waals surface area contributed by atoms with Crippen LogP contribution in [0.3, 0.4) is 0 Å². The zero-order valence-electron chi connectivity index (χ0n) is 42.2. The number of nitrogens with two attached hydrogens (primary N) is 7. The fraction of sp³-hybridized carbons (Fsp3) is 0.438. The van der Waals surface area contributed by atoms with E-state index in [-0.39, 0.29) is 88.2 Å². The van der Waals surface area contributed by atoms with Crippen LogP contribution >= 0.6 is 12.6 Å². The number of thiol groups is 1. The lowest BCUT2D eigenvalue weighted by Gasteiger charge is -2.27. The second-order valence-corrected chi connectivity index (χ2v) is 18.3. The Kier molecular flexibility index (Phi) is 24.3. The minimum atomic E-state index is -1.63. The van der Waals surface area contributed by atoms with Gasteiger partial charge in [0.05, 0.1) is 6.04 Å². The number of hydrogen-bond donors (Lipinski definition) is 18. The maximum absolute atomic E-state index is 14.9. The number of carbonyl (C=O) groups excluding carboxylic acids is 6. The Morgan fingerprint density at radius 3 is 1.27 bits per heavy atom.